The molecule has 0 aliphatic carbocycles. The van der Waals surface area contributed by atoms with E-state index in [0.29, 0.717) is 0 Å². The second-order valence-electron chi connectivity index (χ2n) is 12.8. The van der Waals surface area contributed by atoms with Gasteiger partial charge in [-0.2, -0.15) is 0 Å². The highest BCUT2D eigenvalue weighted by Crippen LogP contribution is 2.49. The molecule has 0 radical (unpaired) electrons. The van der Waals surface area contributed by atoms with Crippen LogP contribution < -0.4 is 9.80 Å². The molecule has 0 aromatic heterocycles. The minimum absolute atomic E-state index is 0.962. The van der Waals surface area contributed by atoms with E-state index in [9.17, 15) is 0 Å². The van der Waals surface area contributed by atoms with Crippen LogP contribution in [0.25, 0.3) is 32.3 Å². The number of hydrogen-bond donors (Lipinski definition) is 0. The monoisotopic (exact) mass is 620 g/mol. The fourth-order valence-corrected chi connectivity index (χ4v) is 7.74. The van der Waals surface area contributed by atoms with Gasteiger partial charge in [-0.3, -0.25) is 0 Å². The van der Waals surface area contributed by atoms with Gasteiger partial charge < -0.3 is 9.80 Å². The molecular weight excluding hydrogens is 581 g/mol. The van der Waals surface area contributed by atoms with Crippen LogP contribution in [0.5, 0.6) is 0 Å². The summed E-state index contributed by atoms with van der Waals surface area (Å²) in [6.07, 6.45) is 1.92. The summed E-state index contributed by atoms with van der Waals surface area (Å²) < 4.78 is 0. The summed E-state index contributed by atoms with van der Waals surface area (Å²) in [7, 11) is 0. The number of benzene rings is 8. The zero-order valence-electron chi connectivity index (χ0n) is 28.2. The van der Waals surface area contributed by atoms with Crippen molar-refractivity contribution in [1.82, 2.24) is 0 Å². The molecule has 48 heavy (non-hydrogen) atoms. The zero-order chi connectivity index (χ0) is 32.8. The molecule has 8 rings (SSSR count). The first-order valence-corrected chi connectivity index (χ1v) is 17.2. The van der Waals surface area contributed by atoms with Crippen molar-refractivity contribution >= 4 is 66.4 Å². The van der Waals surface area contributed by atoms with Crippen LogP contribution >= 0.6 is 0 Å². The van der Waals surface area contributed by atoms with Gasteiger partial charge in [-0.1, -0.05) is 123 Å². The maximum atomic E-state index is 2.48. The average Bonchev–Trinajstić information content (AvgIpc) is 3.13. The summed E-state index contributed by atoms with van der Waals surface area (Å²) in [5, 5.41) is 7.65. The Morgan fingerprint density at radius 2 is 0.792 bits per heavy atom. The Morgan fingerprint density at radius 3 is 1.19 bits per heavy atom. The van der Waals surface area contributed by atoms with Crippen LogP contribution in [-0.4, -0.2) is 0 Å². The lowest BCUT2D eigenvalue weighted by Gasteiger charge is -2.32. The first-order valence-electron chi connectivity index (χ1n) is 17.2. The molecule has 0 aliphatic rings. The quantitative estimate of drug-likeness (QED) is 0.156. The number of hydrogen-bond acceptors (Lipinski definition) is 2. The van der Waals surface area contributed by atoms with E-state index in [2.05, 4.69) is 183 Å². The van der Waals surface area contributed by atoms with Crippen molar-refractivity contribution in [3.05, 3.63) is 168 Å². The van der Waals surface area contributed by atoms with Gasteiger partial charge in [-0.15, -0.1) is 0 Å². The van der Waals surface area contributed by atoms with E-state index < -0.39 is 0 Å². The predicted octanol–water partition coefficient (Wildman–Crippen LogP) is 13.3. The minimum Gasteiger partial charge on any atom is -0.309 e. The van der Waals surface area contributed by atoms with Gasteiger partial charge in [-0.25, -0.2) is 0 Å². The van der Waals surface area contributed by atoms with Crippen LogP contribution in [0.1, 0.15) is 36.1 Å². The first kappa shape index (κ1) is 29.8. The minimum atomic E-state index is 0.962. The van der Waals surface area contributed by atoms with Gasteiger partial charge in [0, 0.05) is 22.1 Å². The van der Waals surface area contributed by atoms with Crippen LogP contribution in [0.3, 0.4) is 0 Å². The third-order valence-electron chi connectivity index (χ3n) is 9.98. The number of rotatable bonds is 8. The topological polar surface area (TPSA) is 6.48 Å². The molecule has 0 fully saturated rings. The van der Waals surface area contributed by atoms with Gasteiger partial charge in [0.15, 0.2) is 0 Å². The summed E-state index contributed by atoms with van der Waals surface area (Å²) >= 11 is 0. The lowest BCUT2D eigenvalue weighted by Crippen LogP contribution is -2.14. The molecule has 0 atom stereocenters. The molecule has 0 amide bonds. The van der Waals surface area contributed by atoms with Crippen molar-refractivity contribution < 1.29 is 0 Å². The lowest BCUT2D eigenvalue weighted by atomic mass is 9.91. The number of anilines is 6. The highest BCUT2D eigenvalue weighted by Gasteiger charge is 2.24. The Kier molecular flexibility index (Phi) is 7.57. The third-order valence-corrected chi connectivity index (χ3v) is 9.98. The summed E-state index contributed by atoms with van der Waals surface area (Å²) in [6.45, 7) is 8.98. The Bertz CT molecular complexity index is 2220. The third kappa shape index (κ3) is 4.79. The number of para-hydroxylation sites is 4. The van der Waals surface area contributed by atoms with Crippen molar-refractivity contribution in [2.24, 2.45) is 0 Å². The van der Waals surface area contributed by atoms with Crippen LogP contribution in [0, 0.1) is 13.8 Å². The molecule has 0 bridgehead atoms. The molecule has 0 heterocycles. The molecule has 8 aromatic rings. The highest BCUT2D eigenvalue weighted by atomic mass is 15.2. The number of nitrogens with zero attached hydrogens (tertiary/aromatic N) is 2. The molecule has 0 unspecified atom stereocenters. The SMILES string of the molecule is CCc1cccc(C)c1N(c1ccccc1)c1ccc2ccc3c(N(c4ccccc4)c4c(C)cccc4CC)ccc4ccc1c2c43. The van der Waals surface area contributed by atoms with Gasteiger partial charge in [-0.05, 0) is 107 Å². The average molecular weight is 621 g/mol. The summed E-state index contributed by atoms with van der Waals surface area (Å²) in [4.78, 5) is 4.97. The standard InChI is InChI=1S/C46H40N2/c1-5-33-17-13-15-31(3)45(33)47(37-19-9-7-10-20-37)41-29-25-35-24-28-40-42(30-26-36-23-27-39(41)43(35)44(36)40)48(38-21-11-8-12-22-38)46-32(4)16-14-18-34(46)6-2/h7-30H,5-6H2,1-4H3. The van der Waals surface area contributed by atoms with Gasteiger partial charge in [0.25, 0.3) is 0 Å². The van der Waals surface area contributed by atoms with Crippen molar-refractivity contribution in [2.75, 3.05) is 9.80 Å². The highest BCUT2D eigenvalue weighted by molar-refractivity contribution is 6.28. The van der Waals surface area contributed by atoms with E-state index >= 15 is 0 Å². The van der Waals surface area contributed by atoms with Crippen LogP contribution in [-0.2, 0) is 12.8 Å². The Balaban J connectivity index is 1.44. The zero-order valence-corrected chi connectivity index (χ0v) is 28.2. The van der Waals surface area contributed by atoms with Crippen LogP contribution in [0.2, 0.25) is 0 Å². The first-order chi connectivity index (χ1) is 23.6. The second-order valence-corrected chi connectivity index (χ2v) is 12.8. The Hall–Kier alpha value is -5.60. The molecule has 0 saturated heterocycles. The van der Waals surface area contributed by atoms with E-state index in [4.69, 9.17) is 0 Å². The van der Waals surface area contributed by atoms with E-state index in [-0.39, 0.29) is 0 Å². The van der Waals surface area contributed by atoms with Crippen LogP contribution in [0.4, 0.5) is 34.1 Å². The van der Waals surface area contributed by atoms with Crippen molar-refractivity contribution in [2.45, 2.75) is 40.5 Å². The van der Waals surface area contributed by atoms with Gasteiger partial charge in [0.05, 0.1) is 22.7 Å². The molecule has 8 aromatic carbocycles. The maximum absolute atomic E-state index is 2.48. The summed E-state index contributed by atoms with van der Waals surface area (Å²) in [5.74, 6) is 0. The van der Waals surface area contributed by atoms with Gasteiger partial charge >= 0.3 is 0 Å². The molecule has 2 heteroatoms. The lowest BCUT2D eigenvalue weighted by molar-refractivity contribution is 1.10. The van der Waals surface area contributed by atoms with Crippen LogP contribution in [0.15, 0.2) is 146 Å². The molecule has 0 N–H and O–H groups in total. The molecule has 0 aliphatic heterocycles. The summed E-state index contributed by atoms with van der Waals surface area (Å²) in [6, 6.07) is 53.6. The molecular formula is C46H40N2. The Labute approximate surface area is 283 Å². The molecule has 0 spiro atoms. The van der Waals surface area contributed by atoms with E-state index in [1.807, 2.05) is 0 Å². The Morgan fingerprint density at radius 1 is 0.396 bits per heavy atom. The van der Waals surface area contributed by atoms with Crippen molar-refractivity contribution in [3.8, 4) is 0 Å². The van der Waals surface area contributed by atoms with Crippen molar-refractivity contribution in [1.29, 1.82) is 0 Å². The van der Waals surface area contributed by atoms with Crippen molar-refractivity contribution in [3.63, 3.8) is 0 Å². The molecule has 0 saturated carbocycles. The summed E-state index contributed by atoms with van der Waals surface area (Å²) in [5.41, 5.74) is 12.5. The van der Waals surface area contributed by atoms with E-state index in [1.54, 1.807) is 0 Å². The fraction of sp³-hybridized carbons (Fsp3) is 0.130. The smallest absolute Gasteiger partial charge is 0.0540 e. The molecule has 2 nitrogen and oxygen atoms in total. The largest absolute Gasteiger partial charge is 0.309 e. The number of aryl methyl sites for hydroxylation is 4. The maximum Gasteiger partial charge on any atom is 0.0540 e. The predicted molar refractivity (Wildman–Crippen MR) is 208 cm³/mol. The second kappa shape index (κ2) is 12.2. The van der Waals surface area contributed by atoms with Gasteiger partial charge in [0.2, 0.25) is 0 Å². The van der Waals surface area contributed by atoms with Gasteiger partial charge in [0.1, 0.15) is 0 Å². The van der Waals surface area contributed by atoms with E-state index in [1.165, 1.54) is 88.7 Å². The normalized spacial score (nSPS) is 11.5. The fourth-order valence-electron chi connectivity index (χ4n) is 7.74. The van der Waals surface area contributed by atoms with E-state index in [0.717, 1.165) is 12.8 Å². The molecule has 234 valence electrons.